The molecule has 0 aromatic rings. The van der Waals surface area contributed by atoms with Crippen molar-refractivity contribution < 1.29 is 14.7 Å². The number of urea groups is 1. The molecule has 0 fully saturated rings. The van der Waals surface area contributed by atoms with E-state index in [1.807, 2.05) is 0 Å². The van der Waals surface area contributed by atoms with Crippen molar-refractivity contribution >= 4 is 12.0 Å². The lowest BCUT2D eigenvalue weighted by molar-refractivity contribution is -0.140. The molecule has 0 bridgehead atoms. The number of carboxylic acid groups (broad SMARTS) is 1. The molecule has 3 N–H and O–H groups in total. The average molecular weight is 254 g/mol. The molecule has 5 heteroatoms. The first-order chi connectivity index (χ1) is 8.50. The Bertz CT molecular complexity index is 337. The number of amides is 2. The van der Waals surface area contributed by atoms with E-state index in [2.05, 4.69) is 16.7 Å². The van der Waals surface area contributed by atoms with Crippen LogP contribution in [0.5, 0.6) is 0 Å². The van der Waals surface area contributed by atoms with E-state index in [0.717, 1.165) is 19.3 Å². The van der Waals surface area contributed by atoms with Gasteiger partial charge in [0.1, 0.15) is 6.04 Å². The Kier molecular flexibility index (Phi) is 5.68. The van der Waals surface area contributed by atoms with E-state index < -0.39 is 18.0 Å². The summed E-state index contributed by atoms with van der Waals surface area (Å²) in [5.74, 6) is -1.13. The van der Waals surface area contributed by atoms with Gasteiger partial charge < -0.3 is 15.7 Å². The quantitative estimate of drug-likeness (QED) is 0.633. The number of carboxylic acids is 1. The summed E-state index contributed by atoms with van der Waals surface area (Å²) in [6.45, 7) is 4.09. The predicted octanol–water partition coefficient (Wildman–Crippen LogP) is 1.90. The van der Waals surface area contributed by atoms with Crippen LogP contribution in [0.4, 0.5) is 4.79 Å². The van der Waals surface area contributed by atoms with Gasteiger partial charge in [-0.05, 0) is 31.6 Å². The monoisotopic (exact) mass is 254 g/mol. The molecule has 0 saturated carbocycles. The first-order valence-electron chi connectivity index (χ1n) is 6.45. The zero-order valence-corrected chi connectivity index (χ0v) is 11.0. The highest BCUT2D eigenvalue weighted by Gasteiger charge is 2.23. The summed E-state index contributed by atoms with van der Waals surface area (Å²) < 4.78 is 0. The Balaban J connectivity index is 2.25. The molecule has 1 aliphatic rings. The first-order valence-corrected chi connectivity index (χ1v) is 6.45. The van der Waals surface area contributed by atoms with Crippen LogP contribution in [0.25, 0.3) is 0 Å². The van der Waals surface area contributed by atoms with Crippen molar-refractivity contribution in [2.45, 2.75) is 45.6 Å². The third kappa shape index (κ3) is 4.77. The van der Waals surface area contributed by atoms with E-state index in [1.54, 1.807) is 13.8 Å². The number of aliphatic carboxylic acids is 1. The number of carbonyl (C=O) groups excluding carboxylic acids is 1. The highest BCUT2D eigenvalue weighted by molar-refractivity contribution is 5.82. The third-order valence-electron chi connectivity index (χ3n) is 3.09. The Morgan fingerprint density at radius 3 is 2.67 bits per heavy atom. The van der Waals surface area contributed by atoms with Crippen molar-refractivity contribution in [2.24, 2.45) is 5.92 Å². The highest BCUT2D eigenvalue weighted by atomic mass is 16.4. The number of allylic oxidation sites excluding steroid dienone is 1. The fourth-order valence-electron chi connectivity index (χ4n) is 2.01. The molecule has 0 aliphatic heterocycles. The molecule has 0 heterocycles. The van der Waals surface area contributed by atoms with Crippen molar-refractivity contribution in [1.82, 2.24) is 10.6 Å². The topological polar surface area (TPSA) is 78.4 Å². The summed E-state index contributed by atoms with van der Waals surface area (Å²) in [4.78, 5) is 22.4. The molecule has 18 heavy (non-hydrogen) atoms. The summed E-state index contributed by atoms with van der Waals surface area (Å²) in [5.41, 5.74) is 1.38. The lowest BCUT2D eigenvalue weighted by atomic mass is 10.1. The summed E-state index contributed by atoms with van der Waals surface area (Å²) in [7, 11) is 0. The molecule has 5 nitrogen and oxygen atoms in total. The maximum absolute atomic E-state index is 11.5. The third-order valence-corrected chi connectivity index (χ3v) is 3.09. The normalized spacial score (nSPS) is 16.3. The van der Waals surface area contributed by atoms with Crippen LogP contribution in [0, 0.1) is 5.92 Å². The van der Waals surface area contributed by atoms with Gasteiger partial charge in [0.25, 0.3) is 0 Å². The van der Waals surface area contributed by atoms with E-state index in [-0.39, 0.29) is 5.92 Å². The molecule has 0 radical (unpaired) electrons. The van der Waals surface area contributed by atoms with Crippen molar-refractivity contribution in [3.8, 4) is 0 Å². The Labute approximate surface area is 108 Å². The molecule has 1 aliphatic carbocycles. The van der Waals surface area contributed by atoms with Gasteiger partial charge in [0.2, 0.25) is 0 Å². The SMILES string of the molecule is CC(C)[C@H](NC(=O)NCCC1=CCCC1)C(=O)O. The van der Waals surface area contributed by atoms with Gasteiger partial charge in [0, 0.05) is 6.54 Å². The van der Waals surface area contributed by atoms with Gasteiger partial charge in [-0.25, -0.2) is 9.59 Å². The highest BCUT2D eigenvalue weighted by Crippen LogP contribution is 2.19. The predicted molar refractivity (Wildman–Crippen MR) is 69.3 cm³/mol. The van der Waals surface area contributed by atoms with E-state index in [4.69, 9.17) is 5.11 Å². The molecular weight excluding hydrogens is 232 g/mol. The van der Waals surface area contributed by atoms with Crippen molar-refractivity contribution in [3.05, 3.63) is 11.6 Å². The second-order valence-corrected chi connectivity index (χ2v) is 4.96. The smallest absolute Gasteiger partial charge is 0.326 e. The molecular formula is C13H22N2O3. The summed E-state index contributed by atoms with van der Waals surface area (Å²) >= 11 is 0. The van der Waals surface area contributed by atoms with Gasteiger partial charge >= 0.3 is 12.0 Å². The van der Waals surface area contributed by atoms with Crippen LogP contribution in [-0.2, 0) is 4.79 Å². The maximum Gasteiger partial charge on any atom is 0.326 e. The van der Waals surface area contributed by atoms with Crippen molar-refractivity contribution in [1.29, 1.82) is 0 Å². The van der Waals surface area contributed by atoms with Crippen LogP contribution >= 0.6 is 0 Å². The second kappa shape index (κ2) is 7.03. The molecule has 0 unspecified atom stereocenters. The van der Waals surface area contributed by atoms with Gasteiger partial charge in [0.05, 0.1) is 0 Å². The number of rotatable bonds is 6. The largest absolute Gasteiger partial charge is 0.480 e. The molecule has 0 spiro atoms. The number of nitrogens with one attached hydrogen (secondary N) is 2. The molecule has 0 aromatic heterocycles. The Morgan fingerprint density at radius 2 is 2.17 bits per heavy atom. The van der Waals surface area contributed by atoms with Crippen LogP contribution in [0.3, 0.4) is 0 Å². The minimum absolute atomic E-state index is 0.134. The number of hydrogen-bond acceptors (Lipinski definition) is 2. The van der Waals surface area contributed by atoms with Gasteiger partial charge in [-0.2, -0.15) is 0 Å². The summed E-state index contributed by atoms with van der Waals surface area (Å²) in [5, 5.41) is 14.1. The standard InChI is InChI=1S/C13H22N2O3/c1-9(2)11(12(16)17)15-13(18)14-8-7-10-5-3-4-6-10/h5,9,11H,3-4,6-8H2,1-2H3,(H,16,17)(H2,14,15,18)/t11-/m0/s1. The van der Waals surface area contributed by atoms with E-state index in [0.29, 0.717) is 6.54 Å². The van der Waals surface area contributed by atoms with Crippen LogP contribution in [0.15, 0.2) is 11.6 Å². The van der Waals surface area contributed by atoms with Gasteiger partial charge in [-0.15, -0.1) is 0 Å². The molecule has 0 saturated heterocycles. The Hall–Kier alpha value is -1.52. The van der Waals surface area contributed by atoms with Crippen molar-refractivity contribution in [2.75, 3.05) is 6.54 Å². The molecule has 102 valence electrons. The lowest BCUT2D eigenvalue weighted by Crippen LogP contribution is -2.48. The van der Waals surface area contributed by atoms with Crippen LogP contribution in [-0.4, -0.2) is 29.7 Å². The lowest BCUT2D eigenvalue weighted by Gasteiger charge is -2.18. The zero-order valence-electron chi connectivity index (χ0n) is 11.0. The molecule has 2 amide bonds. The minimum Gasteiger partial charge on any atom is -0.480 e. The van der Waals surface area contributed by atoms with Crippen LogP contribution < -0.4 is 10.6 Å². The zero-order chi connectivity index (χ0) is 13.5. The molecule has 1 atom stereocenters. The fraction of sp³-hybridized carbons (Fsp3) is 0.692. The average Bonchev–Trinajstić information content (AvgIpc) is 2.78. The molecule has 1 rings (SSSR count). The van der Waals surface area contributed by atoms with Crippen LogP contribution in [0.2, 0.25) is 0 Å². The van der Waals surface area contributed by atoms with E-state index >= 15 is 0 Å². The van der Waals surface area contributed by atoms with Crippen LogP contribution in [0.1, 0.15) is 39.5 Å². The Morgan fingerprint density at radius 1 is 1.44 bits per heavy atom. The van der Waals surface area contributed by atoms with Crippen molar-refractivity contribution in [3.63, 3.8) is 0 Å². The van der Waals surface area contributed by atoms with E-state index in [9.17, 15) is 9.59 Å². The number of hydrogen-bond donors (Lipinski definition) is 3. The van der Waals surface area contributed by atoms with Gasteiger partial charge in [-0.1, -0.05) is 25.5 Å². The van der Waals surface area contributed by atoms with Gasteiger partial charge in [-0.3, -0.25) is 0 Å². The molecule has 0 aromatic carbocycles. The maximum atomic E-state index is 11.5. The van der Waals surface area contributed by atoms with Gasteiger partial charge in [0.15, 0.2) is 0 Å². The fourth-order valence-corrected chi connectivity index (χ4v) is 2.01. The van der Waals surface area contributed by atoms with E-state index in [1.165, 1.54) is 12.0 Å². The minimum atomic E-state index is -1.00. The summed E-state index contributed by atoms with van der Waals surface area (Å²) in [6.07, 6.45) is 6.53. The summed E-state index contributed by atoms with van der Waals surface area (Å²) in [6, 6.07) is -1.25. The first kappa shape index (κ1) is 14.5. The second-order valence-electron chi connectivity index (χ2n) is 4.96. The number of carbonyl (C=O) groups is 2.